The summed E-state index contributed by atoms with van der Waals surface area (Å²) in [6.45, 7) is 0.569. The SMILES string of the molecule is COc1ccc(CCNC(=O)c2cccc(Br)n2)cc1. The van der Waals surface area contributed by atoms with Crippen LogP contribution >= 0.6 is 15.9 Å². The smallest absolute Gasteiger partial charge is 0.269 e. The normalized spacial score (nSPS) is 10.1. The molecule has 0 aliphatic carbocycles. The van der Waals surface area contributed by atoms with E-state index in [0.717, 1.165) is 17.7 Å². The van der Waals surface area contributed by atoms with Gasteiger partial charge >= 0.3 is 0 Å². The number of rotatable bonds is 5. The fraction of sp³-hybridized carbons (Fsp3) is 0.200. The summed E-state index contributed by atoms with van der Waals surface area (Å²) in [5, 5.41) is 2.85. The maximum atomic E-state index is 11.9. The Hall–Kier alpha value is -1.88. The van der Waals surface area contributed by atoms with E-state index in [2.05, 4.69) is 26.2 Å². The van der Waals surface area contributed by atoms with Crippen molar-refractivity contribution in [3.63, 3.8) is 0 Å². The molecule has 0 spiro atoms. The number of hydrogen-bond donors (Lipinski definition) is 1. The minimum Gasteiger partial charge on any atom is -0.497 e. The summed E-state index contributed by atoms with van der Waals surface area (Å²) in [6.07, 6.45) is 0.768. The van der Waals surface area contributed by atoms with Crippen LogP contribution in [0.15, 0.2) is 47.1 Å². The summed E-state index contributed by atoms with van der Waals surface area (Å²) < 4.78 is 5.75. The van der Waals surface area contributed by atoms with Crippen molar-refractivity contribution < 1.29 is 9.53 Å². The fourth-order valence-corrected chi connectivity index (χ4v) is 2.08. The summed E-state index contributed by atoms with van der Waals surface area (Å²) >= 11 is 3.25. The van der Waals surface area contributed by atoms with Crippen molar-refractivity contribution in [1.82, 2.24) is 10.3 Å². The van der Waals surface area contributed by atoms with Crippen LogP contribution in [-0.2, 0) is 6.42 Å². The number of nitrogens with zero attached hydrogens (tertiary/aromatic N) is 1. The van der Waals surface area contributed by atoms with Gasteiger partial charge in [-0.3, -0.25) is 4.79 Å². The van der Waals surface area contributed by atoms with Gasteiger partial charge in [0.15, 0.2) is 0 Å². The predicted molar refractivity (Wildman–Crippen MR) is 81.0 cm³/mol. The van der Waals surface area contributed by atoms with Crippen molar-refractivity contribution in [2.75, 3.05) is 13.7 Å². The van der Waals surface area contributed by atoms with Gasteiger partial charge in [-0.25, -0.2) is 4.98 Å². The molecule has 5 heteroatoms. The summed E-state index contributed by atoms with van der Waals surface area (Å²) in [6, 6.07) is 13.1. The molecule has 1 N–H and O–H groups in total. The number of halogens is 1. The van der Waals surface area contributed by atoms with Gasteiger partial charge in [-0.2, -0.15) is 0 Å². The molecule has 2 aromatic rings. The third-order valence-corrected chi connectivity index (χ3v) is 3.25. The first-order chi connectivity index (χ1) is 9.69. The highest BCUT2D eigenvalue weighted by molar-refractivity contribution is 9.10. The van der Waals surface area contributed by atoms with Crippen LogP contribution in [-0.4, -0.2) is 24.5 Å². The molecule has 2 rings (SSSR count). The zero-order chi connectivity index (χ0) is 14.4. The first-order valence-corrected chi connectivity index (χ1v) is 7.02. The van der Waals surface area contributed by atoms with Crippen LogP contribution in [0.1, 0.15) is 16.1 Å². The molecule has 0 saturated heterocycles. The molecule has 1 aromatic carbocycles. The lowest BCUT2D eigenvalue weighted by molar-refractivity contribution is 0.0949. The number of methoxy groups -OCH3 is 1. The Morgan fingerprint density at radius 1 is 1.25 bits per heavy atom. The van der Waals surface area contributed by atoms with Crippen molar-refractivity contribution in [3.05, 3.63) is 58.3 Å². The monoisotopic (exact) mass is 334 g/mol. The third kappa shape index (κ3) is 4.06. The molecule has 0 bridgehead atoms. The van der Waals surface area contributed by atoms with Gasteiger partial charge in [-0.05, 0) is 52.2 Å². The summed E-state index contributed by atoms with van der Waals surface area (Å²) in [5.74, 6) is 0.663. The van der Waals surface area contributed by atoms with Crippen LogP contribution < -0.4 is 10.1 Å². The second-order valence-corrected chi connectivity index (χ2v) is 5.01. The molecular formula is C15H15BrN2O2. The Kier molecular flexibility index (Phi) is 5.12. The molecule has 20 heavy (non-hydrogen) atoms. The number of carbonyl (C=O) groups is 1. The minimum absolute atomic E-state index is 0.167. The lowest BCUT2D eigenvalue weighted by atomic mass is 10.1. The number of pyridine rings is 1. The number of aromatic nitrogens is 1. The summed E-state index contributed by atoms with van der Waals surface area (Å²) in [7, 11) is 1.64. The van der Waals surface area contributed by atoms with Crippen LogP contribution in [0.5, 0.6) is 5.75 Å². The number of ether oxygens (including phenoxy) is 1. The number of nitrogens with one attached hydrogen (secondary N) is 1. The van der Waals surface area contributed by atoms with Crippen LogP contribution in [0.25, 0.3) is 0 Å². The maximum Gasteiger partial charge on any atom is 0.269 e. The Morgan fingerprint density at radius 2 is 2.00 bits per heavy atom. The van der Waals surface area contributed by atoms with Crippen LogP contribution in [0, 0.1) is 0 Å². The van der Waals surface area contributed by atoms with E-state index in [1.807, 2.05) is 24.3 Å². The molecule has 1 heterocycles. The molecule has 0 aliphatic rings. The van der Waals surface area contributed by atoms with E-state index in [-0.39, 0.29) is 5.91 Å². The molecule has 104 valence electrons. The highest BCUT2D eigenvalue weighted by Crippen LogP contribution is 2.11. The van der Waals surface area contributed by atoms with Gasteiger partial charge in [0.25, 0.3) is 5.91 Å². The zero-order valence-corrected chi connectivity index (χ0v) is 12.7. The van der Waals surface area contributed by atoms with Crippen LogP contribution in [0.2, 0.25) is 0 Å². The average Bonchev–Trinajstić information content (AvgIpc) is 2.48. The number of carbonyl (C=O) groups excluding carboxylic acids is 1. The van der Waals surface area contributed by atoms with Crippen molar-refractivity contribution in [2.24, 2.45) is 0 Å². The molecule has 1 aromatic heterocycles. The first kappa shape index (κ1) is 14.5. The van der Waals surface area contributed by atoms with Crippen molar-refractivity contribution in [3.8, 4) is 5.75 Å². The molecule has 0 aliphatic heterocycles. The van der Waals surface area contributed by atoms with Crippen LogP contribution in [0.4, 0.5) is 0 Å². The van der Waals surface area contributed by atoms with Gasteiger partial charge < -0.3 is 10.1 Å². The van der Waals surface area contributed by atoms with E-state index in [1.54, 1.807) is 25.3 Å². The molecular weight excluding hydrogens is 320 g/mol. The second kappa shape index (κ2) is 7.05. The lowest BCUT2D eigenvalue weighted by Gasteiger charge is -2.06. The van der Waals surface area contributed by atoms with E-state index >= 15 is 0 Å². The minimum atomic E-state index is -0.167. The quantitative estimate of drug-likeness (QED) is 0.855. The van der Waals surface area contributed by atoms with Gasteiger partial charge in [0.2, 0.25) is 0 Å². The van der Waals surface area contributed by atoms with Gasteiger partial charge in [-0.1, -0.05) is 18.2 Å². The standard InChI is InChI=1S/C15H15BrN2O2/c1-20-12-7-5-11(6-8-12)9-10-17-15(19)13-3-2-4-14(16)18-13/h2-8H,9-10H2,1H3,(H,17,19). The van der Waals surface area contributed by atoms with Crippen molar-refractivity contribution in [1.29, 1.82) is 0 Å². The zero-order valence-electron chi connectivity index (χ0n) is 11.1. The Balaban J connectivity index is 1.84. The van der Waals surface area contributed by atoms with E-state index in [4.69, 9.17) is 4.74 Å². The molecule has 0 saturated carbocycles. The number of hydrogen-bond acceptors (Lipinski definition) is 3. The highest BCUT2D eigenvalue weighted by atomic mass is 79.9. The van der Waals surface area contributed by atoms with E-state index in [0.29, 0.717) is 16.8 Å². The number of amides is 1. The van der Waals surface area contributed by atoms with Gasteiger partial charge in [0.1, 0.15) is 16.0 Å². The molecule has 0 unspecified atom stereocenters. The fourth-order valence-electron chi connectivity index (χ4n) is 1.74. The average molecular weight is 335 g/mol. The molecule has 0 radical (unpaired) electrons. The highest BCUT2D eigenvalue weighted by Gasteiger charge is 2.06. The van der Waals surface area contributed by atoms with Gasteiger partial charge in [-0.15, -0.1) is 0 Å². The predicted octanol–water partition coefficient (Wildman–Crippen LogP) is 2.83. The second-order valence-electron chi connectivity index (χ2n) is 4.20. The van der Waals surface area contributed by atoms with E-state index in [9.17, 15) is 4.79 Å². The summed E-state index contributed by atoms with van der Waals surface area (Å²) in [4.78, 5) is 16.0. The molecule has 0 fully saturated rings. The van der Waals surface area contributed by atoms with E-state index < -0.39 is 0 Å². The van der Waals surface area contributed by atoms with Gasteiger partial charge in [0.05, 0.1) is 7.11 Å². The Bertz CT molecular complexity index is 585. The molecule has 0 atom stereocenters. The largest absolute Gasteiger partial charge is 0.497 e. The first-order valence-electron chi connectivity index (χ1n) is 6.23. The maximum absolute atomic E-state index is 11.9. The van der Waals surface area contributed by atoms with E-state index in [1.165, 1.54) is 0 Å². The summed E-state index contributed by atoms with van der Waals surface area (Å²) in [5.41, 5.74) is 1.56. The Labute approximate surface area is 126 Å². The third-order valence-electron chi connectivity index (χ3n) is 2.81. The van der Waals surface area contributed by atoms with Crippen LogP contribution in [0.3, 0.4) is 0 Å². The topological polar surface area (TPSA) is 51.2 Å². The number of benzene rings is 1. The lowest BCUT2D eigenvalue weighted by Crippen LogP contribution is -2.26. The van der Waals surface area contributed by atoms with Crippen molar-refractivity contribution >= 4 is 21.8 Å². The Morgan fingerprint density at radius 3 is 2.65 bits per heavy atom. The molecule has 1 amide bonds. The molecule has 4 nitrogen and oxygen atoms in total. The van der Waals surface area contributed by atoms with Gasteiger partial charge in [0, 0.05) is 6.54 Å². The van der Waals surface area contributed by atoms with Crippen molar-refractivity contribution in [2.45, 2.75) is 6.42 Å².